The summed E-state index contributed by atoms with van der Waals surface area (Å²) >= 11 is 6.00. The van der Waals surface area contributed by atoms with Gasteiger partial charge in [0.25, 0.3) is 5.91 Å². The van der Waals surface area contributed by atoms with Gasteiger partial charge in [-0.25, -0.2) is 4.39 Å². The van der Waals surface area contributed by atoms with Gasteiger partial charge in [-0.1, -0.05) is 41.9 Å². The van der Waals surface area contributed by atoms with Crippen LogP contribution in [-0.2, 0) is 0 Å². The van der Waals surface area contributed by atoms with Crippen molar-refractivity contribution in [2.75, 3.05) is 18.0 Å². The molecule has 2 heterocycles. The number of hydrogen-bond donors (Lipinski definition) is 2. The molecule has 0 radical (unpaired) electrons. The zero-order valence-electron chi connectivity index (χ0n) is 15.2. The van der Waals surface area contributed by atoms with E-state index in [1.54, 1.807) is 0 Å². The zero-order chi connectivity index (χ0) is 19.5. The lowest BCUT2D eigenvalue weighted by Crippen LogP contribution is -2.48. The topological polar surface area (TPSA) is 61.0 Å². The first kappa shape index (κ1) is 18.5. The smallest absolute Gasteiger partial charge is 0.253 e. The number of benzene rings is 2. The third-order valence-corrected chi connectivity index (χ3v) is 5.22. The fourth-order valence-corrected chi connectivity index (χ4v) is 3.73. The van der Waals surface area contributed by atoms with Gasteiger partial charge in [-0.15, -0.1) is 0 Å². The maximum absolute atomic E-state index is 13.2. The van der Waals surface area contributed by atoms with Crippen LogP contribution in [0.25, 0.3) is 11.3 Å². The third kappa shape index (κ3) is 4.02. The second-order valence-corrected chi connectivity index (χ2v) is 7.30. The maximum atomic E-state index is 13.2. The van der Waals surface area contributed by atoms with Gasteiger partial charge in [-0.05, 0) is 36.6 Å². The first-order valence-electron chi connectivity index (χ1n) is 9.22. The number of H-pyrrole nitrogens is 1. The molecule has 1 aromatic heterocycles. The van der Waals surface area contributed by atoms with Gasteiger partial charge in [0.2, 0.25) is 0 Å². The van der Waals surface area contributed by atoms with Crippen LogP contribution in [0.4, 0.5) is 10.2 Å². The second-order valence-electron chi connectivity index (χ2n) is 6.89. The van der Waals surface area contributed by atoms with Gasteiger partial charge in [0.05, 0.1) is 16.3 Å². The van der Waals surface area contributed by atoms with Crippen molar-refractivity contribution < 1.29 is 9.18 Å². The van der Waals surface area contributed by atoms with Crippen molar-refractivity contribution in [2.24, 2.45) is 0 Å². The third-order valence-electron chi connectivity index (χ3n) is 4.91. The van der Waals surface area contributed by atoms with Crippen LogP contribution in [-0.4, -0.2) is 35.2 Å². The van der Waals surface area contributed by atoms with Crippen LogP contribution < -0.4 is 10.2 Å². The molecular formula is C21H20ClFN4O. The van der Waals surface area contributed by atoms with E-state index < -0.39 is 5.82 Å². The number of aromatic nitrogens is 2. The summed E-state index contributed by atoms with van der Waals surface area (Å²) in [5, 5.41) is 10.6. The van der Waals surface area contributed by atoms with E-state index in [1.165, 1.54) is 12.1 Å². The molecule has 3 aromatic rings. The molecule has 1 aliphatic rings. The highest BCUT2D eigenvalue weighted by molar-refractivity contribution is 6.33. The Morgan fingerprint density at radius 1 is 1.21 bits per heavy atom. The lowest BCUT2D eigenvalue weighted by molar-refractivity contribution is 0.0933. The Morgan fingerprint density at radius 3 is 2.82 bits per heavy atom. The minimum absolute atomic E-state index is 0.0285. The number of rotatable bonds is 4. The molecule has 0 bridgehead atoms. The number of piperidine rings is 1. The van der Waals surface area contributed by atoms with Crippen molar-refractivity contribution in [1.29, 1.82) is 0 Å². The Labute approximate surface area is 167 Å². The number of halogens is 2. The predicted molar refractivity (Wildman–Crippen MR) is 108 cm³/mol. The average Bonchev–Trinajstić information content (AvgIpc) is 3.19. The van der Waals surface area contributed by atoms with E-state index in [9.17, 15) is 9.18 Å². The molecular weight excluding hydrogens is 379 g/mol. The molecule has 0 unspecified atom stereocenters. The summed E-state index contributed by atoms with van der Waals surface area (Å²) in [5.41, 5.74) is 2.32. The minimum Gasteiger partial charge on any atom is -0.353 e. The Kier molecular flexibility index (Phi) is 5.30. The van der Waals surface area contributed by atoms with Gasteiger partial charge < -0.3 is 10.2 Å². The molecule has 0 saturated carbocycles. The van der Waals surface area contributed by atoms with Gasteiger partial charge in [0.15, 0.2) is 5.82 Å². The van der Waals surface area contributed by atoms with Crippen LogP contribution >= 0.6 is 11.6 Å². The number of nitrogens with zero attached hydrogens (tertiary/aromatic N) is 2. The van der Waals surface area contributed by atoms with E-state index in [0.29, 0.717) is 6.54 Å². The number of hydrogen-bond acceptors (Lipinski definition) is 3. The van der Waals surface area contributed by atoms with Crippen molar-refractivity contribution in [3.63, 3.8) is 0 Å². The molecule has 1 atom stereocenters. The lowest BCUT2D eigenvalue weighted by atomic mass is 10.0. The molecule has 1 fully saturated rings. The number of aromatic amines is 1. The largest absolute Gasteiger partial charge is 0.353 e. The van der Waals surface area contributed by atoms with E-state index in [4.69, 9.17) is 11.6 Å². The van der Waals surface area contributed by atoms with Gasteiger partial charge in [-0.3, -0.25) is 9.89 Å². The average molecular weight is 399 g/mol. The molecule has 0 aliphatic carbocycles. The molecule has 5 nitrogen and oxygen atoms in total. The van der Waals surface area contributed by atoms with Crippen LogP contribution in [0.3, 0.4) is 0 Å². The Balaban J connectivity index is 1.43. The number of anilines is 1. The lowest BCUT2D eigenvalue weighted by Gasteiger charge is -2.33. The summed E-state index contributed by atoms with van der Waals surface area (Å²) in [7, 11) is 0. The highest BCUT2D eigenvalue weighted by atomic mass is 35.5. The first-order valence-corrected chi connectivity index (χ1v) is 9.59. The summed E-state index contributed by atoms with van der Waals surface area (Å²) in [6.45, 7) is 1.53. The highest BCUT2D eigenvalue weighted by Crippen LogP contribution is 2.24. The van der Waals surface area contributed by atoms with Gasteiger partial charge in [-0.2, -0.15) is 5.10 Å². The highest BCUT2D eigenvalue weighted by Gasteiger charge is 2.24. The van der Waals surface area contributed by atoms with Gasteiger partial charge in [0, 0.05) is 25.2 Å². The van der Waals surface area contributed by atoms with Crippen LogP contribution in [0, 0.1) is 5.82 Å². The number of nitrogens with one attached hydrogen (secondary N) is 2. The fraction of sp³-hybridized carbons (Fsp3) is 0.238. The molecule has 0 spiro atoms. The van der Waals surface area contributed by atoms with Crippen molar-refractivity contribution >= 4 is 23.3 Å². The SMILES string of the molecule is O=C(N[C@H]1CCCN(c2cc(-c3ccccc3)[nH]n2)C1)c1ccc(F)cc1Cl. The van der Waals surface area contributed by atoms with Crippen LogP contribution in [0.5, 0.6) is 0 Å². The van der Waals surface area contributed by atoms with E-state index >= 15 is 0 Å². The number of carbonyl (C=O) groups is 1. The number of amides is 1. The molecule has 28 heavy (non-hydrogen) atoms. The summed E-state index contributed by atoms with van der Waals surface area (Å²) in [4.78, 5) is 14.7. The van der Waals surface area contributed by atoms with Crippen molar-refractivity contribution in [1.82, 2.24) is 15.5 Å². The first-order chi connectivity index (χ1) is 13.6. The summed E-state index contributed by atoms with van der Waals surface area (Å²) < 4.78 is 13.2. The Bertz CT molecular complexity index is 976. The van der Waals surface area contributed by atoms with E-state index in [-0.39, 0.29) is 22.5 Å². The predicted octanol–water partition coefficient (Wildman–Crippen LogP) is 4.27. The fourth-order valence-electron chi connectivity index (χ4n) is 3.48. The van der Waals surface area contributed by atoms with E-state index in [2.05, 4.69) is 20.4 Å². The second kappa shape index (κ2) is 8.02. The van der Waals surface area contributed by atoms with Crippen molar-refractivity contribution in [3.8, 4) is 11.3 Å². The van der Waals surface area contributed by atoms with Crippen molar-refractivity contribution in [2.45, 2.75) is 18.9 Å². The van der Waals surface area contributed by atoms with Crippen molar-refractivity contribution in [3.05, 3.63) is 71.0 Å². The van der Waals surface area contributed by atoms with Crippen LogP contribution in [0.1, 0.15) is 23.2 Å². The molecule has 1 aliphatic heterocycles. The molecule has 4 rings (SSSR count). The quantitative estimate of drug-likeness (QED) is 0.690. The Hall–Kier alpha value is -2.86. The number of carbonyl (C=O) groups excluding carboxylic acids is 1. The normalized spacial score (nSPS) is 16.8. The summed E-state index contributed by atoms with van der Waals surface area (Å²) in [5.74, 6) is 0.111. The molecule has 7 heteroatoms. The van der Waals surface area contributed by atoms with Gasteiger partial charge >= 0.3 is 0 Å². The van der Waals surface area contributed by atoms with Crippen LogP contribution in [0.15, 0.2) is 54.6 Å². The van der Waals surface area contributed by atoms with E-state index in [0.717, 1.165) is 42.5 Å². The molecule has 1 amide bonds. The zero-order valence-corrected chi connectivity index (χ0v) is 15.9. The maximum Gasteiger partial charge on any atom is 0.253 e. The summed E-state index contributed by atoms with van der Waals surface area (Å²) in [6.07, 6.45) is 1.81. The summed E-state index contributed by atoms with van der Waals surface area (Å²) in [6, 6.07) is 15.8. The molecule has 1 saturated heterocycles. The Morgan fingerprint density at radius 2 is 2.04 bits per heavy atom. The van der Waals surface area contributed by atoms with Crippen LogP contribution in [0.2, 0.25) is 5.02 Å². The molecule has 2 N–H and O–H groups in total. The molecule has 2 aromatic carbocycles. The minimum atomic E-state index is -0.460. The van der Waals surface area contributed by atoms with E-state index in [1.807, 2.05) is 36.4 Å². The molecule has 144 valence electrons. The standard InChI is InChI=1S/C21H20ClFN4O/c22-18-11-15(23)8-9-17(18)21(28)24-16-7-4-10-27(13-16)20-12-19(25-26-20)14-5-2-1-3-6-14/h1-3,5-6,8-9,11-12,16H,4,7,10,13H2,(H,24,28)(H,25,26)/t16-/m0/s1. The van der Waals surface area contributed by atoms with Gasteiger partial charge in [0.1, 0.15) is 5.82 Å². The monoisotopic (exact) mass is 398 g/mol.